The van der Waals surface area contributed by atoms with Gasteiger partial charge in [-0.15, -0.1) is 0 Å². The van der Waals surface area contributed by atoms with Gasteiger partial charge in [0.25, 0.3) is 0 Å². The Balaban J connectivity index is 1.82. The van der Waals surface area contributed by atoms with E-state index in [1.807, 2.05) is 20.8 Å². The standard InChI is InChI=1S/C24H42IN3O3Si/c1-15(2)19(31-32(9,10)23(6,7)8)20-26-18(25)14-28(20)17-13-24(11-16(17)12-24)27-21(29)30-22(3,4)5/h14-17,19H,11-13H2,1-10H3,(H,27,29). The van der Waals surface area contributed by atoms with Gasteiger partial charge >= 0.3 is 6.09 Å². The molecule has 1 aromatic rings. The number of nitrogens with zero attached hydrogens (tertiary/aromatic N) is 2. The number of carbonyl (C=O) groups excluding carboxylic acids is 1. The van der Waals surface area contributed by atoms with Gasteiger partial charge in [-0.3, -0.25) is 0 Å². The third kappa shape index (κ3) is 5.37. The van der Waals surface area contributed by atoms with E-state index in [-0.39, 0.29) is 22.8 Å². The zero-order chi connectivity index (χ0) is 24.3. The van der Waals surface area contributed by atoms with E-state index < -0.39 is 13.9 Å². The maximum Gasteiger partial charge on any atom is 0.408 e. The molecule has 2 unspecified atom stereocenters. The first-order valence-corrected chi connectivity index (χ1v) is 15.8. The molecule has 1 aromatic heterocycles. The van der Waals surface area contributed by atoms with Crippen molar-refractivity contribution >= 4 is 37.0 Å². The highest BCUT2D eigenvalue weighted by Crippen LogP contribution is 2.58. The minimum Gasteiger partial charge on any atom is -0.444 e. The largest absolute Gasteiger partial charge is 0.444 e. The van der Waals surface area contributed by atoms with Gasteiger partial charge in [0.05, 0.1) is 0 Å². The quantitative estimate of drug-likeness (QED) is 0.299. The van der Waals surface area contributed by atoms with Gasteiger partial charge in [0.2, 0.25) is 0 Å². The van der Waals surface area contributed by atoms with Gasteiger partial charge in [-0.25, -0.2) is 9.78 Å². The molecule has 0 aromatic carbocycles. The number of nitrogens with one attached hydrogen (secondary N) is 1. The molecule has 1 heterocycles. The Morgan fingerprint density at radius 1 is 1.22 bits per heavy atom. The molecule has 182 valence electrons. The van der Waals surface area contributed by atoms with Crippen LogP contribution in [0.2, 0.25) is 18.1 Å². The summed E-state index contributed by atoms with van der Waals surface area (Å²) in [7, 11) is -1.96. The Morgan fingerprint density at radius 3 is 2.31 bits per heavy atom. The van der Waals surface area contributed by atoms with E-state index >= 15 is 0 Å². The van der Waals surface area contributed by atoms with E-state index in [2.05, 4.69) is 86.4 Å². The third-order valence-corrected chi connectivity index (χ3v) is 12.4. The van der Waals surface area contributed by atoms with Crippen LogP contribution in [0.1, 0.15) is 92.6 Å². The van der Waals surface area contributed by atoms with Crippen LogP contribution < -0.4 is 5.32 Å². The minimum atomic E-state index is -1.96. The summed E-state index contributed by atoms with van der Waals surface area (Å²) in [6.45, 7) is 21.6. The number of carbonyl (C=O) groups is 1. The molecule has 2 atom stereocenters. The molecule has 0 radical (unpaired) electrons. The first-order chi connectivity index (χ1) is 14.4. The molecule has 3 fully saturated rings. The van der Waals surface area contributed by atoms with E-state index in [0.29, 0.717) is 17.9 Å². The Bertz CT molecular complexity index is 848. The molecule has 1 amide bonds. The van der Waals surface area contributed by atoms with Crippen LogP contribution in [0, 0.1) is 15.5 Å². The van der Waals surface area contributed by atoms with Gasteiger partial charge in [-0.2, -0.15) is 0 Å². The summed E-state index contributed by atoms with van der Waals surface area (Å²) < 4.78 is 15.8. The molecular formula is C24H42IN3O3Si. The lowest BCUT2D eigenvalue weighted by molar-refractivity contribution is 0.0395. The van der Waals surface area contributed by atoms with Crippen molar-refractivity contribution in [2.24, 2.45) is 11.8 Å². The fraction of sp³-hybridized carbons (Fsp3) is 0.833. The summed E-state index contributed by atoms with van der Waals surface area (Å²) in [5.41, 5.74) is -0.640. The van der Waals surface area contributed by atoms with Crippen LogP contribution in [0.15, 0.2) is 6.20 Å². The van der Waals surface area contributed by atoms with Gasteiger partial charge in [0.1, 0.15) is 21.2 Å². The number of alkyl carbamates (subject to hydrolysis) is 1. The summed E-state index contributed by atoms with van der Waals surface area (Å²) in [5.74, 6) is 1.92. The van der Waals surface area contributed by atoms with Crippen LogP contribution >= 0.6 is 22.6 Å². The highest BCUT2D eigenvalue weighted by Gasteiger charge is 2.58. The van der Waals surface area contributed by atoms with Crippen molar-refractivity contribution < 1.29 is 14.0 Å². The second-order valence-electron chi connectivity index (χ2n) is 12.7. The van der Waals surface area contributed by atoms with Crippen LogP contribution in [-0.4, -0.2) is 35.1 Å². The number of halogens is 1. The molecule has 2 bridgehead atoms. The minimum absolute atomic E-state index is 0.0352. The van der Waals surface area contributed by atoms with Gasteiger partial charge in [0.15, 0.2) is 8.32 Å². The number of imidazole rings is 1. The van der Waals surface area contributed by atoms with E-state index in [4.69, 9.17) is 14.1 Å². The summed E-state index contributed by atoms with van der Waals surface area (Å²) in [4.78, 5) is 17.4. The van der Waals surface area contributed by atoms with Crippen LogP contribution in [0.4, 0.5) is 4.79 Å². The lowest BCUT2D eigenvalue weighted by Crippen LogP contribution is -2.53. The zero-order valence-corrected chi connectivity index (χ0v) is 24.7. The molecule has 6 nitrogen and oxygen atoms in total. The third-order valence-electron chi connectivity index (χ3n) is 7.39. The van der Waals surface area contributed by atoms with Crippen LogP contribution in [-0.2, 0) is 9.16 Å². The highest BCUT2D eigenvalue weighted by atomic mass is 127. The Labute approximate surface area is 208 Å². The molecule has 32 heavy (non-hydrogen) atoms. The molecule has 4 rings (SSSR count). The molecule has 0 saturated heterocycles. The molecule has 8 heteroatoms. The number of rotatable bonds is 6. The number of aromatic nitrogens is 2. The van der Waals surface area contributed by atoms with E-state index in [1.165, 1.54) is 0 Å². The summed E-state index contributed by atoms with van der Waals surface area (Å²) in [5, 5.41) is 3.33. The summed E-state index contributed by atoms with van der Waals surface area (Å²) in [6, 6.07) is 0.334. The fourth-order valence-electron chi connectivity index (χ4n) is 4.78. The fourth-order valence-corrected chi connectivity index (χ4v) is 6.70. The van der Waals surface area contributed by atoms with Crippen LogP contribution in [0.5, 0.6) is 0 Å². The SMILES string of the molecule is CC(C)C(O[Si](C)(C)C(C)(C)C)c1nc(I)cn1C1CC2(NC(=O)OC(C)(C)C)CC1C2. The first-order valence-electron chi connectivity index (χ1n) is 11.9. The van der Waals surface area contributed by atoms with Crippen molar-refractivity contribution in [2.75, 3.05) is 0 Å². The lowest BCUT2D eigenvalue weighted by atomic mass is 9.77. The van der Waals surface area contributed by atoms with Gasteiger partial charge in [-0.05, 0) is 92.6 Å². The zero-order valence-electron chi connectivity index (χ0n) is 21.5. The lowest BCUT2D eigenvalue weighted by Gasteiger charge is -2.40. The highest BCUT2D eigenvalue weighted by molar-refractivity contribution is 14.1. The van der Waals surface area contributed by atoms with Gasteiger partial charge in [-0.1, -0.05) is 34.6 Å². The number of fused-ring (bicyclic) bond motifs is 1. The van der Waals surface area contributed by atoms with Gasteiger partial charge in [0, 0.05) is 17.8 Å². The monoisotopic (exact) mass is 575 g/mol. The van der Waals surface area contributed by atoms with Crippen molar-refractivity contribution in [3.8, 4) is 0 Å². The van der Waals surface area contributed by atoms with Crippen LogP contribution in [0.3, 0.4) is 0 Å². The Morgan fingerprint density at radius 2 is 1.81 bits per heavy atom. The number of amides is 1. The number of hydrogen-bond acceptors (Lipinski definition) is 4. The normalized spacial score (nSPS) is 26.8. The van der Waals surface area contributed by atoms with Crippen molar-refractivity contribution in [1.29, 1.82) is 0 Å². The van der Waals surface area contributed by atoms with E-state index in [1.54, 1.807) is 0 Å². The second-order valence-corrected chi connectivity index (χ2v) is 18.6. The van der Waals surface area contributed by atoms with E-state index in [0.717, 1.165) is 28.8 Å². The Kier molecular flexibility index (Phi) is 6.95. The van der Waals surface area contributed by atoms with Crippen molar-refractivity contribution in [2.45, 2.75) is 116 Å². The predicted octanol–water partition coefficient (Wildman–Crippen LogP) is 6.82. The number of ether oxygens (including phenoxy) is 1. The van der Waals surface area contributed by atoms with Crippen molar-refractivity contribution in [1.82, 2.24) is 14.9 Å². The number of hydrogen-bond donors (Lipinski definition) is 1. The molecule has 3 saturated carbocycles. The molecule has 0 spiro atoms. The predicted molar refractivity (Wildman–Crippen MR) is 139 cm³/mol. The van der Waals surface area contributed by atoms with Gasteiger partial charge < -0.3 is 19.0 Å². The van der Waals surface area contributed by atoms with Crippen molar-refractivity contribution in [3.05, 3.63) is 15.7 Å². The molecular weight excluding hydrogens is 533 g/mol. The average Bonchev–Trinajstić information content (AvgIpc) is 3.19. The summed E-state index contributed by atoms with van der Waals surface area (Å²) >= 11 is 2.32. The molecule has 1 N–H and O–H groups in total. The molecule has 0 aliphatic heterocycles. The average molecular weight is 576 g/mol. The smallest absolute Gasteiger partial charge is 0.408 e. The maximum atomic E-state index is 12.4. The Hall–Kier alpha value is -0.613. The second kappa shape index (κ2) is 8.55. The molecule has 3 aliphatic rings. The van der Waals surface area contributed by atoms with Crippen molar-refractivity contribution in [3.63, 3.8) is 0 Å². The molecule has 3 aliphatic carbocycles. The van der Waals surface area contributed by atoms with E-state index in [9.17, 15) is 4.79 Å². The first kappa shape index (κ1) is 26.0. The topological polar surface area (TPSA) is 65.4 Å². The maximum absolute atomic E-state index is 12.4. The van der Waals surface area contributed by atoms with Crippen LogP contribution in [0.25, 0.3) is 0 Å². The summed E-state index contributed by atoms with van der Waals surface area (Å²) in [6.07, 6.45) is 4.75.